The minimum Gasteiger partial charge on any atom is -0.370 e. The molecular weight excluding hydrogens is 210 g/mol. The number of rotatable bonds is 1. The van der Waals surface area contributed by atoms with Crippen molar-refractivity contribution in [2.45, 2.75) is 26.3 Å². The van der Waals surface area contributed by atoms with E-state index in [2.05, 4.69) is 24.8 Å². The molecule has 90 valence electrons. The lowest BCUT2D eigenvalue weighted by Gasteiger charge is -2.43. The molecule has 0 aliphatic carbocycles. The van der Waals surface area contributed by atoms with Crippen LogP contribution in [0.25, 0.3) is 0 Å². The molecule has 1 aliphatic heterocycles. The van der Waals surface area contributed by atoms with Gasteiger partial charge in [0, 0.05) is 24.8 Å². The van der Waals surface area contributed by atoms with E-state index in [1.807, 2.05) is 24.3 Å². The molecular formula is C14H19N3. The fourth-order valence-electron chi connectivity index (χ4n) is 2.17. The first-order valence-electron chi connectivity index (χ1n) is 6.03. The van der Waals surface area contributed by atoms with Gasteiger partial charge in [0.25, 0.3) is 0 Å². The summed E-state index contributed by atoms with van der Waals surface area (Å²) in [5, 5.41) is 8.77. The second kappa shape index (κ2) is 4.38. The molecule has 0 spiro atoms. The van der Waals surface area contributed by atoms with Crippen molar-refractivity contribution in [3.05, 3.63) is 29.8 Å². The van der Waals surface area contributed by atoms with Crippen LogP contribution >= 0.6 is 0 Å². The van der Waals surface area contributed by atoms with E-state index in [4.69, 9.17) is 11.0 Å². The van der Waals surface area contributed by atoms with Crippen molar-refractivity contribution in [3.8, 4) is 6.07 Å². The summed E-state index contributed by atoms with van der Waals surface area (Å²) < 4.78 is 0. The third-order valence-corrected chi connectivity index (χ3v) is 3.81. The zero-order valence-electron chi connectivity index (χ0n) is 10.5. The Balaban J connectivity index is 2.12. The van der Waals surface area contributed by atoms with Crippen molar-refractivity contribution in [1.82, 2.24) is 0 Å². The molecule has 2 N–H and O–H groups in total. The predicted molar refractivity (Wildman–Crippen MR) is 69.7 cm³/mol. The summed E-state index contributed by atoms with van der Waals surface area (Å²) >= 11 is 0. The smallest absolute Gasteiger partial charge is 0.0991 e. The van der Waals surface area contributed by atoms with Crippen molar-refractivity contribution in [3.63, 3.8) is 0 Å². The fraction of sp³-hybridized carbons (Fsp3) is 0.500. The average Bonchev–Trinajstić information content (AvgIpc) is 2.33. The summed E-state index contributed by atoms with van der Waals surface area (Å²) in [6, 6.07) is 10.1. The summed E-state index contributed by atoms with van der Waals surface area (Å²) in [5.41, 5.74) is 8.29. The Morgan fingerprint density at radius 2 is 2.00 bits per heavy atom. The molecule has 1 aromatic carbocycles. The Kier molecular flexibility index (Phi) is 3.08. The maximum absolute atomic E-state index is 8.77. The topological polar surface area (TPSA) is 53.0 Å². The van der Waals surface area contributed by atoms with Crippen molar-refractivity contribution < 1.29 is 0 Å². The molecule has 1 saturated heterocycles. The van der Waals surface area contributed by atoms with Crippen LogP contribution in [0, 0.1) is 16.7 Å². The molecule has 1 unspecified atom stereocenters. The van der Waals surface area contributed by atoms with Crippen molar-refractivity contribution in [1.29, 1.82) is 5.26 Å². The van der Waals surface area contributed by atoms with Gasteiger partial charge in [-0.25, -0.2) is 0 Å². The van der Waals surface area contributed by atoms with E-state index in [-0.39, 0.29) is 11.5 Å². The van der Waals surface area contributed by atoms with Gasteiger partial charge in [-0.1, -0.05) is 13.8 Å². The van der Waals surface area contributed by atoms with E-state index in [1.165, 1.54) is 0 Å². The summed E-state index contributed by atoms with van der Waals surface area (Å²) in [4.78, 5) is 2.30. The number of nitrogens with two attached hydrogens (primary N) is 1. The van der Waals surface area contributed by atoms with Gasteiger partial charge < -0.3 is 10.6 Å². The van der Waals surface area contributed by atoms with Gasteiger partial charge in [0.15, 0.2) is 0 Å². The molecule has 1 atom stereocenters. The minimum atomic E-state index is 0.201. The van der Waals surface area contributed by atoms with Crippen molar-refractivity contribution in [2.75, 3.05) is 18.0 Å². The molecule has 2 rings (SSSR count). The molecule has 17 heavy (non-hydrogen) atoms. The quantitative estimate of drug-likeness (QED) is 0.802. The van der Waals surface area contributed by atoms with Gasteiger partial charge in [-0.3, -0.25) is 0 Å². The van der Waals surface area contributed by atoms with Gasteiger partial charge in [-0.2, -0.15) is 5.26 Å². The first-order valence-corrected chi connectivity index (χ1v) is 6.03. The number of hydrogen-bond acceptors (Lipinski definition) is 3. The number of hydrogen-bond donors (Lipinski definition) is 1. The molecule has 1 heterocycles. The number of nitrogens with zero attached hydrogens (tertiary/aromatic N) is 2. The van der Waals surface area contributed by atoms with Gasteiger partial charge in [0.1, 0.15) is 0 Å². The third kappa shape index (κ3) is 2.42. The Hall–Kier alpha value is -1.53. The van der Waals surface area contributed by atoms with E-state index in [0.29, 0.717) is 5.56 Å². The highest BCUT2D eigenvalue weighted by Crippen LogP contribution is 2.31. The lowest BCUT2D eigenvalue weighted by Crippen LogP contribution is -2.52. The monoisotopic (exact) mass is 229 g/mol. The number of nitriles is 1. The highest BCUT2D eigenvalue weighted by atomic mass is 15.2. The summed E-state index contributed by atoms with van der Waals surface area (Å²) in [5.74, 6) is 0. The van der Waals surface area contributed by atoms with Crippen LogP contribution in [0.15, 0.2) is 24.3 Å². The van der Waals surface area contributed by atoms with Crippen molar-refractivity contribution in [2.24, 2.45) is 11.1 Å². The maximum atomic E-state index is 8.77. The second-order valence-electron chi connectivity index (χ2n) is 5.45. The zero-order valence-corrected chi connectivity index (χ0v) is 10.5. The summed E-state index contributed by atoms with van der Waals surface area (Å²) in [6.45, 7) is 6.38. The van der Waals surface area contributed by atoms with Gasteiger partial charge in [-0.05, 0) is 36.1 Å². The van der Waals surface area contributed by atoms with Crippen LogP contribution in [-0.4, -0.2) is 19.1 Å². The van der Waals surface area contributed by atoms with Crippen molar-refractivity contribution >= 4 is 5.69 Å². The second-order valence-corrected chi connectivity index (χ2v) is 5.45. The van der Waals surface area contributed by atoms with Crippen LogP contribution in [-0.2, 0) is 0 Å². The molecule has 0 saturated carbocycles. The molecule has 1 aromatic rings. The molecule has 1 fully saturated rings. The number of piperidine rings is 1. The summed E-state index contributed by atoms with van der Waals surface area (Å²) in [6.07, 6.45) is 1.11. The lowest BCUT2D eigenvalue weighted by atomic mass is 9.78. The molecule has 3 heteroatoms. The highest BCUT2D eigenvalue weighted by molar-refractivity contribution is 5.50. The predicted octanol–water partition coefficient (Wildman–Crippen LogP) is 2.12. The number of benzene rings is 1. The Morgan fingerprint density at radius 1 is 1.35 bits per heavy atom. The number of anilines is 1. The molecule has 0 radical (unpaired) electrons. The largest absolute Gasteiger partial charge is 0.370 e. The molecule has 0 aromatic heterocycles. The molecule has 0 amide bonds. The van der Waals surface area contributed by atoms with Crippen LogP contribution in [0.4, 0.5) is 5.69 Å². The van der Waals surface area contributed by atoms with Crippen LogP contribution in [0.2, 0.25) is 0 Å². The zero-order chi connectivity index (χ0) is 12.5. The van der Waals surface area contributed by atoms with Crippen LogP contribution < -0.4 is 10.6 Å². The van der Waals surface area contributed by atoms with Crippen LogP contribution in [0.5, 0.6) is 0 Å². The molecule has 3 nitrogen and oxygen atoms in total. The third-order valence-electron chi connectivity index (χ3n) is 3.81. The van der Waals surface area contributed by atoms with Crippen LogP contribution in [0.3, 0.4) is 0 Å². The Morgan fingerprint density at radius 3 is 2.53 bits per heavy atom. The normalized spacial score (nSPS) is 23.2. The SMILES string of the molecule is CC1(C)CCN(c2ccc(C#N)cc2)CC1N. The van der Waals surface area contributed by atoms with Gasteiger partial charge in [0.05, 0.1) is 11.6 Å². The fourth-order valence-corrected chi connectivity index (χ4v) is 2.17. The highest BCUT2D eigenvalue weighted by Gasteiger charge is 2.32. The average molecular weight is 229 g/mol. The first-order chi connectivity index (χ1) is 8.03. The van der Waals surface area contributed by atoms with Crippen LogP contribution in [0.1, 0.15) is 25.8 Å². The molecule has 0 bridgehead atoms. The van der Waals surface area contributed by atoms with E-state index >= 15 is 0 Å². The Bertz CT molecular complexity index is 428. The maximum Gasteiger partial charge on any atom is 0.0991 e. The Labute approximate surface area is 103 Å². The lowest BCUT2D eigenvalue weighted by molar-refractivity contribution is 0.236. The van der Waals surface area contributed by atoms with Gasteiger partial charge in [-0.15, -0.1) is 0 Å². The van der Waals surface area contributed by atoms with Gasteiger partial charge in [0.2, 0.25) is 0 Å². The first kappa shape index (κ1) is 11.9. The molecule has 1 aliphatic rings. The minimum absolute atomic E-state index is 0.201. The van der Waals surface area contributed by atoms with E-state index in [1.54, 1.807) is 0 Å². The van der Waals surface area contributed by atoms with Gasteiger partial charge >= 0.3 is 0 Å². The van der Waals surface area contributed by atoms with E-state index in [0.717, 1.165) is 25.2 Å². The summed E-state index contributed by atoms with van der Waals surface area (Å²) in [7, 11) is 0. The van der Waals surface area contributed by atoms with E-state index < -0.39 is 0 Å². The van der Waals surface area contributed by atoms with E-state index in [9.17, 15) is 0 Å². The standard InChI is InChI=1S/C14H19N3/c1-14(2)7-8-17(10-13(14)16)12-5-3-11(9-15)4-6-12/h3-6,13H,7-8,10,16H2,1-2H3.